The van der Waals surface area contributed by atoms with Crippen molar-refractivity contribution in [3.8, 4) is 0 Å². The summed E-state index contributed by atoms with van der Waals surface area (Å²) in [4.78, 5) is 11.6. The Balaban J connectivity index is 1.81. The topological polar surface area (TPSA) is 86.1 Å². The van der Waals surface area contributed by atoms with E-state index in [-0.39, 0.29) is 11.7 Å². The average Bonchev–Trinajstić information content (AvgIpc) is 2.99. The van der Waals surface area contributed by atoms with Crippen molar-refractivity contribution in [1.82, 2.24) is 15.1 Å². The Labute approximate surface area is 98.4 Å². The fourth-order valence-corrected chi connectivity index (χ4v) is 1.41. The fourth-order valence-electron chi connectivity index (χ4n) is 1.41. The van der Waals surface area contributed by atoms with Crippen LogP contribution in [-0.4, -0.2) is 22.2 Å². The highest BCUT2D eigenvalue weighted by atomic mass is 16.4. The smallest absolute Gasteiger partial charge is 0.287 e. The van der Waals surface area contributed by atoms with Crippen LogP contribution in [0.1, 0.15) is 16.3 Å². The van der Waals surface area contributed by atoms with Crippen LogP contribution in [0, 0.1) is 0 Å². The van der Waals surface area contributed by atoms with Crippen molar-refractivity contribution >= 4 is 5.91 Å². The summed E-state index contributed by atoms with van der Waals surface area (Å²) in [5, 5.41) is 6.77. The minimum atomic E-state index is -0.239. The van der Waals surface area contributed by atoms with Gasteiger partial charge in [-0.1, -0.05) is 0 Å². The van der Waals surface area contributed by atoms with E-state index in [4.69, 9.17) is 10.2 Å². The lowest BCUT2D eigenvalue weighted by Crippen LogP contribution is -2.27. The molecule has 0 saturated carbocycles. The van der Waals surface area contributed by atoms with Crippen LogP contribution in [0.15, 0.2) is 35.0 Å². The Morgan fingerprint density at radius 1 is 1.53 bits per heavy atom. The van der Waals surface area contributed by atoms with Gasteiger partial charge in [-0.2, -0.15) is 5.10 Å². The number of hydrogen-bond acceptors (Lipinski definition) is 4. The summed E-state index contributed by atoms with van der Waals surface area (Å²) in [6.45, 7) is 1.42. The monoisotopic (exact) mass is 234 g/mol. The van der Waals surface area contributed by atoms with Crippen molar-refractivity contribution in [2.45, 2.75) is 13.1 Å². The Hall–Kier alpha value is -2.08. The molecular weight excluding hydrogens is 220 g/mol. The van der Waals surface area contributed by atoms with E-state index in [1.165, 1.54) is 0 Å². The number of carbonyl (C=O) groups excluding carboxylic acids is 1. The third-order valence-corrected chi connectivity index (χ3v) is 2.27. The van der Waals surface area contributed by atoms with Crippen molar-refractivity contribution < 1.29 is 9.21 Å². The molecule has 2 heterocycles. The van der Waals surface area contributed by atoms with Crippen molar-refractivity contribution in [3.63, 3.8) is 0 Å². The van der Waals surface area contributed by atoms with Gasteiger partial charge in [0.2, 0.25) is 0 Å². The van der Waals surface area contributed by atoms with Crippen LogP contribution >= 0.6 is 0 Å². The lowest BCUT2D eigenvalue weighted by atomic mass is 10.4. The van der Waals surface area contributed by atoms with Gasteiger partial charge in [-0.25, -0.2) is 0 Å². The van der Waals surface area contributed by atoms with Crippen LogP contribution in [0.5, 0.6) is 0 Å². The number of furan rings is 1. The molecule has 0 spiro atoms. The van der Waals surface area contributed by atoms with Gasteiger partial charge in [-0.05, 0) is 18.2 Å². The van der Waals surface area contributed by atoms with E-state index in [9.17, 15) is 4.79 Å². The number of nitrogens with zero attached hydrogens (tertiary/aromatic N) is 2. The predicted octanol–water partition coefficient (Wildman–Crippen LogP) is 0.365. The second-order valence-corrected chi connectivity index (χ2v) is 3.50. The van der Waals surface area contributed by atoms with E-state index in [0.717, 1.165) is 0 Å². The van der Waals surface area contributed by atoms with E-state index in [1.54, 1.807) is 23.0 Å². The molecule has 90 valence electrons. The highest BCUT2D eigenvalue weighted by Crippen LogP contribution is 2.06. The number of rotatable bonds is 5. The first-order valence-corrected chi connectivity index (χ1v) is 5.34. The molecular formula is C11H14N4O2. The average molecular weight is 234 g/mol. The lowest BCUT2D eigenvalue weighted by Gasteiger charge is -2.03. The first-order chi connectivity index (χ1) is 8.29. The quantitative estimate of drug-likeness (QED) is 0.782. The molecule has 0 radical (unpaired) electrons. The number of nitrogens with two attached hydrogens (primary N) is 1. The third-order valence-electron chi connectivity index (χ3n) is 2.27. The second kappa shape index (κ2) is 5.31. The lowest BCUT2D eigenvalue weighted by molar-refractivity contribution is 0.0922. The summed E-state index contributed by atoms with van der Waals surface area (Å²) in [7, 11) is 0. The molecule has 17 heavy (non-hydrogen) atoms. The molecule has 0 atom stereocenters. The molecule has 1 amide bonds. The summed E-state index contributed by atoms with van der Waals surface area (Å²) in [6.07, 6.45) is 3.54. The molecule has 0 aliphatic carbocycles. The van der Waals surface area contributed by atoms with E-state index < -0.39 is 0 Å². The Bertz CT molecular complexity index is 475. The molecule has 0 aliphatic rings. The van der Waals surface area contributed by atoms with Crippen molar-refractivity contribution in [3.05, 3.63) is 42.1 Å². The van der Waals surface area contributed by atoms with Crippen molar-refractivity contribution in [2.75, 3.05) is 6.54 Å². The number of hydrogen-bond donors (Lipinski definition) is 2. The first kappa shape index (κ1) is 11.4. The Morgan fingerprint density at radius 2 is 2.41 bits per heavy atom. The maximum absolute atomic E-state index is 11.6. The van der Waals surface area contributed by atoms with Crippen molar-refractivity contribution in [2.24, 2.45) is 5.73 Å². The maximum atomic E-state index is 11.6. The molecule has 0 fully saturated rings. The number of carbonyl (C=O) groups is 1. The molecule has 6 nitrogen and oxygen atoms in total. The van der Waals surface area contributed by atoms with E-state index in [2.05, 4.69) is 10.4 Å². The van der Waals surface area contributed by atoms with Gasteiger partial charge in [0.25, 0.3) is 5.91 Å². The molecule has 6 heteroatoms. The van der Waals surface area contributed by atoms with Gasteiger partial charge in [0, 0.05) is 18.9 Å². The van der Waals surface area contributed by atoms with Gasteiger partial charge in [0.1, 0.15) is 5.76 Å². The van der Waals surface area contributed by atoms with E-state index >= 15 is 0 Å². The SMILES string of the molecule is NCc1ccc(C(=O)NCCn2cccn2)o1. The minimum absolute atomic E-state index is 0.239. The zero-order valence-corrected chi connectivity index (χ0v) is 9.30. The summed E-state index contributed by atoms with van der Waals surface area (Å²) in [5.41, 5.74) is 5.39. The number of aromatic nitrogens is 2. The zero-order chi connectivity index (χ0) is 12.1. The Kier molecular flexibility index (Phi) is 3.56. The number of amides is 1. The number of nitrogens with one attached hydrogen (secondary N) is 1. The van der Waals surface area contributed by atoms with E-state index in [0.29, 0.717) is 25.4 Å². The molecule has 0 aromatic carbocycles. The van der Waals surface area contributed by atoms with Crippen LogP contribution in [0.25, 0.3) is 0 Å². The molecule has 2 aromatic rings. The first-order valence-electron chi connectivity index (χ1n) is 5.34. The van der Waals surface area contributed by atoms with Crippen LogP contribution in [0.4, 0.5) is 0 Å². The maximum Gasteiger partial charge on any atom is 0.287 e. The standard InChI is InChI=1S/C11H14N4O2/c12-8-9-2-3-10(17-9)11(16)13-5-7-15-6-1-4-14-15/h1-4,6H,5,7-8,12H2,(H,13,16). The van der Waals surface area contributed by atoms with Crippen LogP contribution in [0.2, 0.25) is 0 Å². The highest BCUT2D eigenvalue weighted by molar-refractivity contribution is 5.91. The summed E-state index contributed by atoms with van der Waals surface area (Å²) in [5.74, 6) is 0.644. The normalized spacial score (nSPS) is 10.4. The molecule has 0 saturated heterocycles. The largest absolute Gasteiger partial charge is 0.455 e. The van der Waals surface area contributed by atoms with Crippen LogP contribution in [0.3, 0.4) is 0 Å². The van der Waals surface area contributed by atoms with Gasteiger partial charge in [0.15, 0.2) is 5.76 Å². The molecule has 2 rings (SSSR count). The highest BCUT2D eigenvalue weighted by Gasteiger charge is 2.09. The molecule has 3 N–H and O–H groups in total. The van der Waals surface area contributed by atoms with E-state index in [1.807, 2.05) is 12.3 Å². The minimum Gasteiger partial charge on any atom is -0.455 e. The summed E-state index contributed by atoms with van der Waals surface area (Å²) < 4.78 is 6.97. The molecule has 2 aromatic heterocycles. The summed E-state index contributed by atoms with van der Waals surface area (Å²) >= 11 is 0. The molecule has 0 unspecified atom stereocenters. The zero-order valence-electron chi connectivity index (χ0n) is 9.30. The van der Waals surface area contributed by atoms with Gasteiger partial charge in [0.05, 0.1) is 13.1 Å². The fraction of sp³-hybridized carbons (Fsp3) is 0.273. The van der Waals surface area contributed by atoms with Gasteiger partial charge in [-0.15, -0.1) is 0 Å². The van der Waals surface area contributed by atoms with Crippen LogP contribution < -0.4 is 11.1 Å². The van der Waals surface area contributed by atoms with Gasteiger partial charge in [-0.3, -0.25) is 9.48 Å². The molecule has 0 aliphatic heterocycles. The summed E-state index contributed by atoms with van der Waals surface area (Å²) in [6, 6.07) is 5.15. The van der Waals surface area contributed by atoms with Crippen LogP contribution in [-0.2, 0) is 13.1 Å². The molecule has 0 bridgehead atoms. The van der Waals surface area contributed by atoms with Crippen molar-refractivity contribution in [1.29, 1.82) is 0 Å². The third kappa shape index (κ3) is 2.94. The Morgan fingerprint density at radius 3 is 3.06 bits per heavy atom. The second-order valence-electron chi connectivity index (χ2n) is 3.50. The predicted molar refractivity (Wildman–Crippen MR) is 61.2 cm³/mol. The van der Waals surface area contributed by atoms with Gasteiger partial charge >= 0.3 is 0 Å². The van der Waals surface area contributed by atoms with Gasteiger partial charge < -0.3 is 15.5 Å².